The number of halogens is 1. The molecule has 0 aromatic heterocycles. The van der Waals surface area contributed by atoms with E-state index in [0.717, 1.165) is 6.07 Å². The molecular weight excluding hydrogens is 291 g/mol. The lowest BCUT2D eigenvalue weighted by atomic mass is 10.0. The van der Waals surface area contributed by atoms with Crippen molar-refractivity contribution in [3.8, 4) is 0 Å². The zero-order chi connectivity index (χ0) is 15.7. The number of nitrogens with zero attached hydrogens (tertiary/aromatic N) is 1. The molecule has 112 valence electrons. The third-order valence-electron chi connectivity index (χ3n) is 2.87. The second-order valence-electron chi connectivity index (χ2n) is 4.87. The van der Waals surface area contributed by atoms with Crippen molar-refractivity contribution in [1.29, 1.82) is 0 Å². The molecule has 1 rings (SSSR count). The topological polar surface area (TPSA) is 110 Å². The first-order chi connectivity index (χ1) is 8.97. The normalized spacial score (nSPS) is 14.1. The minimum atomic E-state index is -4.12. The molecule has 7 nitrogen and oxygen atoms in total. The van der Waals surface area contributed by atoms with Gasteiger partial charge in [-0.05, 0) is 32.9 Å². The van der Waals surface area contributed by atoms with E-state index in [2.05, 4.69) is 4.72 Å². The van der Waals surface area contributed by atoms with Crippen molar-refractivity contribution in [3.63, 3.8) is 0 Å². The molecule has 1 aromatic carbocycles. The molecule has 0 saturated carbocycles. The van der Waals surface area contributed by atoms with E-state index in [1.54, 1.807) is 0 Å². The Bertz CT molecular complexity index is 628. The van der Waals surface area contributed by atoms with Crippen LogP contribution in [0.4, 0.5) is 10.1 Å². The van der Waals surface area contributed by atoms with Gasteiger partial charge >= 0.3 is 5.69 Å². The van der Waals surface area contributed by atoms with E-state index in [0.29, 0.717) is 12.1 Å². The lowest BCUT2D eigenvalue weighted by Crippen LogP contribution is -2.50. The number of nitrogens with one attached hydrogen (secondary N) is 1. The Labute approximate surface area is 115 Å². The molecular formula is C11H15FN2O5S. The SMILES string of the molecule is CC(O)C(C)(C)NS(=O)(=O)c1ccc(F)c([N+](=O)[O-])c1. The van der Waals surface area contributed by atoms with E-state index in [1.807, 2.05) is 0 Å². The number of benzene rings is 1. The first-order valence-electron chi connectivity index (χ1n) is 5.63. The lowest BCUT2D eigenvalue weighted by Gasteiger charge is -2.28. The van der Waals surface area contributed by atoms with Crippen molar-refractivity contribution in [2.45, 2.75) is 37.3 Å². The molecule has 0 fully saturated rings. The van der Waals surface area contributed by atoms with Crippen molar-refractivity contribution >= 4 is 15.7 Å². The minimum Gasteiger partial charge on any atom is -0.391 e. The zero-order valence-corrected chi connectivity index (χ0v) is 11.9. The van der Waals surface area contributed by atoms with Crippen molar-refractivity contribution < 1.29 is 22.8 Å². The van der Waals surface area contributed by atoms with Gasteiger partial charge in [-0.2, -0.15) is 4.39 Å². The van der Waals surface area contributed by atoms with Crippen LogP contribution in [0.5, 0.6) is 0 Å². The van der Waals surface area contributed by atoms with Gasteiger partial charge in [0.1, 0.15) is 0 Å². The van der Waals surface area contributed by atoms with Crippen molar-refractivity contribution in [2.24, 2.45) is 0 Å². The van der Waals surface area contributed by atoms with Crippen LogP contribution < -0.4 is 4.72 Å². The number of nitro benzene ring substituents is 1. The lowest BCUT2D eigenvalue weighted by molar-refractivity contribution is -0.387. The zero-order valence-electron chi connectivity index (χ0n) is 11.1. The molecule has 20 heavy (non-hydrogen) atoms. The summed E-state index contributed by atoms with van der Waals surface area (Å²) in [6.07, 6.45) is -0.993. The highest BCUT2D eigenvalue weighted by Crippen LogP contribution is 2.23. The van der Waals surface area contributed by atoms with Gasteiger partial charge in [-0.25, -0.2) is 13.1 Å². The van der Waals surface area contributed by atoms with E-state index in [-0.39, 0.29) is 0 Å². The van der Waals surface area contributed by atoms with Crippen LogP contribution >= 0.6 is 0 Å². The van der Waals surface area contributed by atoms with Gasteiger partial charge in [0, 0.05) is 6.07 Å². The highest BCUT2D eigenvalue weighted by molar-refractivity contribution is 7.89. The third kappa shape index (κ3) is 3.50. The van der Waals surface area contributed by atoms with E-state index >= 15 is 0 Å². The van der Waals surface area contributed by atoms with E-state index in [9.17, 15) is 28.0 Å². The van der Waals surface area contributed by atoms with Gasteiger partial charge in [0.25, 0.3) is 0 Å². The summed E-state index contributed by atoms with van der Waals surface area (Å²) < 4.78 is 39.5. The summed E-state index contributed by atoms with van der Waals surface area (Å²) in [6, 6.07) is 2.26. The number of aliphatic hydroxyl groups excluding tert-OH is 1. The molecule has 0 aliphatic rings. The molecule has 1 aromatic rings. The maximum absolute atomic E-state index is 13.2. The Morgan fingerprint density at radius 3 is 2.45 bits per heavy atom. The fraction of sp³-hybridized carbons (Fsp3) is 0.455. The molecule has 1 atom stereocenters. The molecule has 0 radical (unpaired) electrons. The molecule has 0 bridgehead atoms. The quantitative estimate of drug-likeness (QED) is 0.627. The largest absolute Gasteiger partial charge is 0.391 e. The van der Waals surface area contributed by atoms with Crippen LogP contribution in [0.25, 0.3) is 0 Å². The number of hydrogen-bond acceptors (Lipinski definition) is 5. The second-order valence-corrected chi connectivity index (χ2v) is 6.56. The average Bonchev–Trinajstić information content (AvgIpc) is 2.27. The molecule has 0 amide bonds. The van der Waals surface area contributed by atoms with E-state index < -0.39 is 43.0 Å². The number of rotatable bonds is 5. The van der Waals surface area contributed by atoms with Gasteiger partial charge < -0.3 is 5.11 Å². The van der Waals surface area contributed by atoms with Crippen LogP contribution in [0.1, 0.15) is 20.8 Å². The fourth-order valence-electron chi connectivity index (χ4n) is 1.29. The minimum absolute atomic E-state index is 0.445. The van der Waals surface area contributed by atoms with Crippen LogP contribution in [0.2, 0.25) is 0 Å². The molecule has 0 aliphatic carbocycles. The smallest absolute Gasteiger partial charge is 0.306 e. The maximum Gasteiger partial charge on any atom is 0.306 e. The van der Waals surface area contributed by atoms with Crippen molar-refractivity contribution in [3.05, 3.63) is 34.1 Å². The summed E-state index contributed by atoms with van der Waals surface area (Å²) >= 11 is 0. The summed E-state index contributed by atoms with van der Waals surface area (Å²) in [5.74, 6) is -1.12. The first kappa shape index (κ1) is 16.5. The highest BCUT2D eigenvalue weighted by atomic mass is 32.2. The summed E-state index contributed by atoms with van der Waals surface area (Å²) in [7, 11) is -4.12. The molecule has 0 aliphatic heterocycles. The Hall–Kier alpha value is -1.58. The van der Waals surface area contributed by atoms with Gasteiger partial charge in [0.15, 0.2) is 0 Å². The molecule has 1 unspecified atom stereocenters. The molecule has 9 heteroatoms. The first-order valence-corrected chi connectivity index (χ1v) is 7.11. The van der Waals surface area contributed by atoms with Crippen LogP contribution in [0.3, 0.4) is 0 Å². The monoisotopic (exact) mass is 306 g/mol. The van der Waals surface area contributed by atoms with Crippen molar-refractivity contribution in [1.82, 2.24) is 4.72 Å². The summed E-state index contributed by atoms with van der Waals surface area (Å²) in [5, 5.41) is 20.1. The van der Waals surface area contributed by atoms with E-state index in [4.69, 9.17) is 0 Å². The van der Waals surface area contributed by atoms with E-state index in [1.165, 1.54) is 20.8 Å². The standard InChI is InChI=1S/C11H15FN2O5S/c1-7(15)11(2,3)13-20(18,19)8-4-5-9(12)10(6-8)14(16)17/h4-7,13,15H,1-3H3. The molecule has 0 spiro atoms. The van der Waals surface area contributed by atoms with Crippen LogP contribution in [-0.2, 0) is 10.0 Å². The van der Waals surface area contributed by atoms with Crippen LogP contribution in [0.15, 0.2) is 23.1 Å². The van der Waals surface area contributed by atoms with Gasteiger partial charge in [0.2, 0.25) is 15.8 Å². The van der Waals surface area contributed by atoms with Gasteiger partial charge in [-0.1, -0.05) is 0 Å². The predicted molar refractivity (Wildman–Crippen MR) is 69.1 cm³/mol. The number of hydrogen-bond donors (Lipinski definition) is 2. The highest BCUT2D eigenvalue weighted by Gasteiger charge is 2.31. The van der Waals surface area contributed by atoms with Gasteiger partial charge in [0.05, 0.1) is 21.5 Å². The summed E-state index contributed by atoms with van der Waals surface area (Å²) in [6.45, 7) is 4.30. The molecule has 2 N–H and O–H groups in total. The number of aliphatic hydroxyl groups is 1. The third-order valence-corrected chi connectivity index (χ3v) is 4.54. The second kappa shape index (κ2) is 5.43. The number of sulfonamides is 1. The molecule has 0 heterocycles. The Kier molecular flexibility index (Phi) is 4.47. The number of nitro groups is 1. The predicted octanol–water partition coefficient (Wildman–Crippen LogP) is 1.17. The van der Waals surface area contributed by atoms with Gasteiger partial charge in [-0.15, -0.1) is 0 Å². The Morgan fingerprint density at radius 2 is 2.00 bits per heavy atom. The van der Waals surface area contributed by atoms with Gasteiger partial charge in [-0.3, -0.25) is 10.1 Å². The van der Waals surface area contributed by atoms with Crippen LogP contribution in [0, 0.1) is 15.9 Å². The van der Waals surface area contributed by atoms with Crippen LogP contribution in [-0.4, -0.2) is 30.1 Å². The average molecular weight is 306 g/mol. The Balaban J connectivity index is 3.24. The summed E-state index contributed by atoms with van der Waals surface area (Å²) in [4.78, 5) is 9.15. The summed E-state index contributed by atoms with van der Waals surface area (Å²) in [5.41, 5.74) is -2.11. The van der Waals surface area contributed by atoms with Crippen molar-refractivity contribution in [2.75, 3.05) is 0 Å². The Morgan fingerprint density at radius 1 is 1.45 bits per heavy atom. The molecule has 0 saturated heterocycles. The maximum atomic E-state index is 13.2. The fourth-order valence-corrected chi connectivity index (χ4v) is 2.79.